The van der Waals surface area contributed by atoms with Crippen LogP contribution in [-0.4, -0.2) is 40.9 Å². The molecule has 0 radical (unpaired) electrons. The Balaban J connectivity index is 2.10. The Bertz CT molecular complexity index is 547. The largest absolute Gasteiger partial charge is 0.388 e. The van der Waals surface area contributed by atoms with Crippen LogP contribution >= 0.6 is 11.8 Å². The summed E-state index contributed by atoms with van der Waals surface area (Å²) in [6.45, 7) is 0.364. The maximum absolute atomic E-state index is 12.6. The van der Waals surface area contributed by atoms with E-state index in [0.717, 1.165) is 30.6 Å². The monoisotopic (exact) mass is 304 g/mol. The second-order valence-electron chi connectivity index (χ2n) is 5.54. The van der Waals surface area contributed by atoms with Crippen LogP contribution in [0.5, 0.6) is 0 Å². The predicted molar refractivity (Wildman–Crippen MR) is 83.2 cm³/mol. The van der Waals surface area contributed by atoms with Gasteiger partial charge in [-0.1, -0.05) is 25.0 Å². The van der Waals surface area contributed by atoms with Gasteiger partial charge in [-0.3, -0.25) is 4.79 Å². The molecule has 5 heteroatoms. The molecule has 2 rings (SSSR count). The highest BCUT2D eigenvalue weighted by atomic mass is 32.2. The molecule has 0 bridgehead atoms. The van der Waals surface area contributed by atoms with Gasteiger partial charge >= 0.3 is 0 Å². The van der Waals surface area contributed by atoms with Crippen molar-refractivity contribution in [3.05, 3.63) is 29.8 Å². The van der Waals surface area contributed by atoms with Crippen molar-refractivity contribution in [1.29, 1.82) is 5.26 Å². The van der Waals surface area contributed by atoms with Gasteiger partial charge in [-0.2, -0.15) is 5.26 Å². The number of hydrogen-bond donors (Lipinski definition) is 1. The van der Waals surface area contributed by atoms with E-state index in [-0.39, 0.29) is 5.91 Å². The highest BCUT2D eigenvalue weighted by Crippen LogP contribution is 2.31. The number of carbonyl (C=O) groups excluding carboxylic acids is 1. The summed E-state index contributed by atoms with van der Waals surface area (Å²) in [6.07, 6.45) is 3.56. The Morgan fingerprint density at radius 2 is 2.10 bits per heavy atom. The molecule has 1 N–H and O–H groups in total. The van der Waals surface area contributed by atoms with Crippen LogP contribution in [0.3, 0.4) is 0 Å². The molecule has 112 valence electrons. The average molecular weight is 304 g/mol. The van der Waals surface area contributed by atoms with Crippen LogP contribution < -0.4 is 0 Å². The third-order valence-electron chi connectivity index (χ3n) is 3.82. The number of thioether (sulfide) groups is 1. The van der Waals surface area contributed by atoms with Gasteiger partial charge in [0.15, 0.2) is 0 Å². The Labute approximate surface area is 129 Å². The maximum atomic E-state index is 12.6. The van der Waals surface area contributed by atoms with Gasteiger partial charge in [0.25, 0.3) is 5.91 Å². The van der Waals surface area contributed by atoms with Crippen molar-refractivity contribution >= 4 is 17.7 Å². The topological polar surface area (TPSA) is 64.3 Å². The molecular formula is C16H20N2O2S. The highest BCUT2D eigenvalue weighted by molar-refractivity contribution is 7.99. The molecule has 1 aromatic carbocycles. The minimum atomic E-state index is -0.737. The Hall–Kier alpha value is -1.51. The Morgan fingerprint density at radius 3 is 2.76 bits per heavy atom. The van der Waals surface area contributed by atoms with Crippen molar-refractivity contribution in [3.8, 4) is 6.07 Å². The lowest BCUT2D eigenvalue weighted by molar-refractivity contribution is 0.0155. The van der Waals surface area contributed by atoms with E-state index < -0.39 is 5.60 Å². The zero-order valence-electron chi connectivity index (χ0n) is 12.2. The molecule has 0 spiro atoms. The van der Waals surface area contributed by atoms with Crippen molar-refractivity contribution in [2.24, 2.45) is 0 Å². The van der Waals surface area contributed by atoms with Gasteiger partial charge in [0.2, 0.25) is 0 Å². The molecular weight excluding hydrogens is 284 g/mol. The first-order valence-corrected chi connectivity index (χ1v) is 8.11. The Kier molecular flexibility index (Phi) is 5.27. The summed E-state index contributed by atoms with van der Waals surface area (Å²) in [6, 6.07) is 9.39. The Morgan fingerprint density at radius 1 is 1.43 bits per heavy atom. The SMILES string of the molecule is CN(CC1(O)CCCC1)C(=O)c1ccccc1SCC#N. The fraction of sp³-hybridized carbons (Fsp3) is 0.500. The van der Waals surface area contributed by atoms with Crippen LogP contribution in [0.15, 0.2) is 29.2 Å². The first kappa shape index (κ1) is 15.9. The van der Waals surface area contributed by atoms with Gasteiger partial charge in [0.1, 0.15) is 0 Å². The highest BCUT2D eigenvalue weighted by Gasteiger charge is 2.33. The summed E-state index contributed by atoms with van der Waals surface area (Å²) in [7, 11) is 1.73. The lowest BCUT2D eigenvalue weighted by Gasteiger charge is -2.29. The molecule has 1 amide bonds. The number of nitrogens with zero attached hydrogens (tertiary/aromatic N) is 2. The zero-order valence-corrected chi connectivity index (χ0v) is 13.0. The number of hydrogen-bond acceptors (Lipinski definition) is 4. The van der Waals surface area contributed by atoms with E-state index >= 15 is 0 Å². The minimum absolute atomic E-state index is 0.101. The van der Waals surface area contributed by atoms with Crippen molar-refractivity contribution in [3.63, 3.8) is 0 Å². The van der Waals surface area contributed by atoms with E-state index in [2.05, 4.69) is 6.07 Å². The van der Waals surface area contributed by atoms with Crippen LogP contribution in [-0.2, 0) is 0 Å². The first-order valence-electron chi connectivity index (χ1n) is 7.12. The molecule has 0 heterocycles. The fourth-order valence-electron chi connectivity index (χ4n) is 2.79. The molecule has 1 aromatic rings. The van der Waals surface area contributed by atoms with Crippen LogP contribution in [0.4, 0.5) is 0 Å². The van der Waals surface area contributed by atoms with E-state index in [1.54, 1.807) is 18.0 Å². The van der Waals surface area contributed by atoms with Gasteiger partial charge in [-0.25, -0.2) is 0 Å². The van der Waals surface area contributed by atoms with Crippen LogP contribution in [0, 0.1) is 11.3 Å². The summed E-state index contributed by atoms with van der Waals surface area (Å²) in [4.78, 5) is 15.0. The quantitative estimate of drug-likeness (QED) is 0.849. The molecule has 21 heavy (non-hydrogen) atoms. The molecule has 4 nitrogen and oxygen atoms in total. The summed E-state index contributed by atoms with van der Waals surface area (Å²) in [5, 5.41) is 19.1. The number of amides is 1. The summed E-state index contributed by atoms with van der Waals surface area (Å²) in [5.74, 6) is 0.217. The summed E-state index contributed by atoms with van der Waals surface area (Å²) >= 11 is 1.36. The molecule has 0 aliphatic heterocycles. The molecule has 0 unspecified atom stereocenters. The van der Waals surface area contributed by atoms with Gasteiger partial charge in [-0.05, 0) is 25.0 Å². The second kappa shape index (κ2) is 6.97. The molecule has 1 fully saturated rings. The second-order valence-corrected chi connectivity index (χ2v) is 6.55. The van der Waals surface area contributed by atoms with Gasteiger partial charge in [0, 0.05) is 18.5 Å². The van der Waals surface area contributed by atoms with Crippen molar-refractivity contribution in [1.82, 2.24) is 4.90 Å². The van der Waals surface area contributed by atoms with E-state index in [4.69, 9.17) is 5.26 Å². The third kappa shape index (κ3) is 3.99. The summed E-state index contributed by atoms with van der Waals surface area (Å²) in [5.41, 5.74) is -0.138. The van der Waals surface area contributed by atoms with E-state index in [1.807, 2.05) is 18.2 Å². The van der Waals surface area contributed by atoms with Crippen molar-refractivity contribution in [2.75, 3.05) is 19.3 Å². The number of likely N-dealkylation sites (N-methyl/N-ethyl adjacent to an activating group) is 1. The van der Waals surface area contributed by atoms with E-state index in [0.29, 0.717) is 17.9 Å². The lowest BCUT2D eigenvalue weighted by atomic mass is 10.0. The summed E-state index contributed by atoms with van der Waals surface area (Å²) < 4.78 is 0. The normalized spacial score (nSPS) is 16.4. The molecule has 1 aliphatic carbocycles. The van der Waals surface area contributed by atoms with Gasteiger partial charge < -0.3 is 10.0 Å². The van der Waals surface area contributed by atoms with Crippen LogP contribution in [0.25, 0.3) is 0 Å². The first-order chi connectivity index (χ1) is 10.1. The number of rotatable bonds is 5. The smallest absolute Gasteiger partial charge is 0.254 e. The zero-order chi connectivity index (χ0) is 15.3. The molecule has 0 saturated heterocycles. The number of benzene rings is 1. The van der Waals surface area contributed by atoms with E-state index in [1.165, 1.54) is 11.8 Å². The molecule has 1 saturated carbocycles. The number of nitriles is 1. The standard InChI is InChI=1S/C16H20N2O2S/c1-18(12-16(20)8-4-5-9-16)15(19)13-6-2-3-7-14(13)21-11-10-17/h2-3,6-7,20H,4-5,8-9,11-12H2,1H3. The van der Waals surface area contributed by atoms with Crippen LogP contribution in [0.1, 0.15) is 36.0 Å². The predicted octanol–water partition coefficient (Wildman–Crippen LogP) is 2.68. The lowest BCUT2D eigenvalue weighted by Crippen LogP contribution is -2.42. The van der Waals surface area contributed by atoms with Crippen LogP contribution in [0.2, 0.25) is 0 Å². The number of carbonyl (C=O) groups is 1. The number of aliphatic hydroxyl groups is 1. The third-order valence-corrected chi connectivity index (χ3v) is 4.76. The maximum Gasteiger partial charge on any atom is 0.254 e. The van der Waals surface area contributed by atoms with Crippen molar-refractivity contribution in [2.45, 2.75) is 36.2 Å². The van der Waals surface area contributed by atoms with E-state index in [9.17, 15) is 9.90 Å². The molecule has 1 aliphatic rings. The molecule has 0 atom stereocenters. The van der Waals surface area contributed by atoms with Gasteiger partial charge in [0.05, 0.1) is 23.0 Å². The average Bonchev–Trinajstić information content (AvgIpc) is 2.91. The minimum Gasteiger partial charge on any atom is -0.388 e. The van der Waals surface area contributed by atoms with Crippen molar-refractivity contribution < 1.29 is 9.90 Å². The molecule has 0 aromatic heterocycles. The fourth-order valence-corrected chi connectivity index (χ4v) is 3.50. The van der Waals surface area contributed by atoms with Gasteiger partial charge in [-0.15, -0.1) is 11.8 Å².